The molecule has 218 valence electrons. The van der Waals surface area contributed by atoms with Crippen molar-refractivity contribution in [1.29, 1.82) is 0 Å². The normalized spacial score (nSPS) is 15.0. The lowest BCUT2D eigenvalue weighted by molar-refractivity contribution is -0.355. The number of aliphatic carboxylic acids is 2. The van der Waals surface area contributed by atoms with E-state index in [0.717, 1.165) is 23.5 Å². The van der Waals surface area contributed by atoms with Crippen molar-refractivity contribution in [3.05, 3.63) is 41.4 Å². The Morgan fingerprint density at radius 3 is 2.65 bits per heavy atom. The molecule has 0 saturated carbocycles. The number of hydrogen-bond donors (Lipinski definition) is 6. The first kappa shape index (κ1) is 33.0. The number of guanidine groups is 1. The Kier molecular flexibility index (Phi) is 12.4. The Morgan fingerprint density at radius 1 is 1.32 bits per heavy atom. The van der Waals surface area contributed by atoms with Gasteiger partial charge in [0.25, 0.3) is 15.2 Å². The van der Waals surface area contributed by atoms with E-state index in [0.29, 0.717) is 40.2 Å². The molecule has 40 heavy (non-hydrogen) atoms. The maximum Gasteiger partial charge on any atom is 0.328 e. The van der Waals surface area contributed by atoms with E-state index in [9.17, 15) is 31.5 Å². The second kappa shape index (κ2) is 15.0. The molecule has 1 aromatic heterocycles. The zero-order valence-corrected chi connectivity index (χ0v) is 24.8. The van der Waals surface area contributed by atoms with Crippen LogP contribution in [-0.4, -0.2) is 68.8 Å². The molecule has 0 spiro atoms. The van der Waals surface area contributed by atoms with Gasteiger partial charge in [-0.05, 0) is 24.3 Å². The van der Waals surface area contributed by atoms with Gasteiger partial charge in [0.15, 0.2) is 5.17 Å². The monoisotopic (exact) mass is 651 g/mol. The second-order valence-electron chi connectivity index (χ2n) is 7.27. The first-order valence-electron chi connectivity index (χ1n) is 10.9. The van der Waals surface area contributed by atoms with Crippen molar-refractivity contribution < 1.29 is 41.6 Å². The summed E-state index contributed by atoms with van der Waals surface area (Å²) in [5.41, 5.74) is 11.6. The predicted molar refractivity (Wildman–Crippen MR) is 150 cm³/mol. The molecule has 0 fully saturated rings. The molecular weight excluding hydrogens is 627 g/mol. The van der Waals surface area contributed by atoms with Crippen molar-refractivity contribution in [1.82, 2.24) is 14.4 Å². The molecule has 3 rings (SSSR count). The number of hydrogen-bond acceptors (Lipinski definition) is 12. The number of thiazole rings is 1. The van der Waals surface area contributed by atoms with Crippen molar-refractivity contribution in [3.8, 4) is 0 Å². The molecule has 15 nitrogen and oxygen atoms in total. The molecule has 2 aromatic rings. The number of carbonyl (C=O) groups is 2. The van der Waals surface area contributed by atoms with Crippen molar-refractivity contribution >= 4 is 83.1 Å². The van der Waals surface area contributed by atoms with Gasteiger partial charge in [0.05, 0.1) is 17.4 Å². The van der Waals surface area contributed by atoms with Gasteiger partial charge in [-0.3, -0.25) is 9.71 Å². The number of carboxylic acids is 2. The topological polar surface area (TPSA) is 261 Å². The number of carboxylic acid groups (broad SMARTS) is 2. The maximum absolute atomic E-state index is 12.6. The number of sulfonamides is 2. The number of rotatable bonds is 11. The lowest BCUT2D eigenvalue weighted by Crippen LogP contribution is -2.72. The molecule has 0 bridgehead atoms. The zero-order valence-electron chi connectivity index (χ0n) is 20.7. The van der Waals surface area contributed by atoms with Crippen LogP contribution in [0.3, 0.4) is 0 Å². The van der Waals surface area contributed by atoms with Crippen molar-refractivity contribution in [2.75, 3.05) is 18.8 Å². The predicted octanol–water partition coefficient (Wildman–Crippen LogP) is -2.52. The Balaban J connectivity index is 0.000000611. The highest BCUT2D eigenvalue weighted by atomic mass is 32.2. The molecular formula is C20H25N7O8S5. The quantitative estimate of drug-likeness (QED) is 0.0635. The minimum Gasteiger partial charge on any atom is -0.545 e. The summed E-state index contributed by atoms with van der Waals surface area (Å²) in [6.07, 6.45) is 0.942. The van der Waals surface area contributed by atoms with Gasteiger partial charge in [-0.1, -0.05) is 30.0 Å². The number of fused-ring (bicyclic) bond motifs is 1. The first-order valence-corrected chi connectivity index (χ1v) is 16.7. The van der Waals surface area contributed by atoms with Gasteiger partial charge < -0.3 is 26.5 Å². The fourth-order valence-corrected chi connectivity index (χ4v) is 7.99. The largest absolute Gasteiger partial charge is 0.545 e. The molecule has 2 heterocycles. The van der Waals surface area contributed by atoms with Crippen LogP contribution in [0.1, 0.15) is 12.6 Å². The number of thioether (sulfide) groups is 2. The Hall–Kier alpha value is -3.17. The second-order valence-corrected chi connectivity index (χ2v) is 13.7. The molecule has 0 amide bonds. The Bertz CT molecular complexity index is 1520. The third-order valence-electron chi connectivity index (χ3n) is 4.18. The third-order valence-corrected chi connectivity index (χ3v) is 10.1. The third kappa shape index (κ3) is 10.8. The Labute approximate surface area is 242 Å². The van der Waals surface area contributed by atoms with Crippen LogP contribution in [-0.2, 0) is 35.4 Å². The fraction of sp³-hybridized carbons (Fsp3) is 0.250. The fourth-order valence-electron chi connectivity index (χ4n) is 2.66. The number of aliphatic imine (C=N–C) groups is 1. The van der Waals surface area contributed by atoms with Crippen LogP contribution in [0.25, 0.3) is 0 Å². The van der Waals surface area contributed by atoms with Crippen molar-refractivity contribution in [2.45, 2.75) is 27.4 Å². The number of aromatic nitrogens is 1. The molecule has 1 aliphatic rings. The summed E-state index contributed by atoms with van der Waals surface area (Å²) in [5, 5.41) is 20.0. The van der Waals surface area contributed by atoms with Crippen LogP contribution in [0.5, 0.6) is 0 Å². The Morgan fingerprint density at radius 2 is 2.05 bits per heavy atom. The number of nitrogens with zero attached hydrogens (tertiary/aromatic N) is 2. The van der Waals surface area contributed by atoms with Crippen molar-refractivity contribution in [2.24, 2.45) is 16.5 Å². The minimum atomic E-state index is -3.92. The number of nitrogens with one attached hydrogen (secondary N) is 3. The molecule has 0 radical (unpaired) electrons. The maximum atomic E-state index is 12.6. The van der Waals surface area contributed by atoms with Crippen LogP contribution >= 0.6 is 34.9 Å². The minimum absolute atomic E-state index is 0.0823. The summed E-state index contributed by atoms with van der Waals surface area (Å²) >= 11 is 4.14. The van der Waals surface area contributed by atoms with E-state index in [1.54, 1.807) is 18.7 Å². The highest BCUT2D eigenvalue weighted by Crippen LogP contribution is 2.33. The smallest absolute Gasteiger partial charge is 0.328 e. The molecule has 20 heteroatoms. The molecule has 8 N–H and O–H groups in total. The number of carbonyl (C=O) groups excluding carboxylic acids is 1. The molecule has 0 atom stereocenters. The number of amidine groups is 1. The highest BCUT2D eigenvalue weighted by molar-refractivity contribution is 8.16. The van der Waals surface area contributed by atoms with Gasteiger partial charge in [0.1, 0.15) is 10.6 Å². The van der Waals surface area contributed by atoms with E-state index < -0.39 is 32.0 Å². The summed E-state index contributed by atoms with van der Waals surface area (Å²) in [5.74, 6) is -1.40. The SMILES string of the molecule is CCNS(=O)(=O)c1ccc2c(c1)S(=O)(=O)NC(=NCCSCc1csc([NH+]=C(N)N)n1)S2.O=C([O-])/C=C/C(=O)O. The summed E-state index contributed by atoms with van der Waals surface area (Å²) in [7, 11) is -7.68. The van der Waals surface area contributed by atoms with Gasteiger partial charge in [0, 0.05) is 34.4 Å². The lowest BCUT2D eigenvalue weighted by Gasteiger charge is -2.20. The van der Waals surface area contributed by atoms with Gasteiger partial charge in [-0.15, -0.1) is 4.98 Å². The van der Waals surface area contributed by atoms with E-state index in [4.69, 9.17) is 16.6 Å². The molecule has 0 saturated heterocycles. The van der Waals surface area contributed by atoms with Crippen LogP contribution in [0.15, 0.2) is 55.4 Å². The van der Waals surface area contributed by atoms with Crippen LogP contribution in [0.4, 0.5) is 5.13 Å². The zero-order chi connectivity index (χ0) is 29.9. The van der Waals surface area contributed by atoms with Gasteiger partial charge in [-0.25, -0.2) is 31.3 Å². The van der Waals surface area contributed by atoms with E-state index in [1.807, 2.05) is 5.38 Å². The molecule has 1 aliphatic heterocycles. The van der Waals surface area contributed by atoms with Crippen LogP contribution < -0.4 is 31.0 Å². The summed E-state index contributed by atoms with van der Waals surface area (Å²) in [6.45, 7) is 2.25. The highest BCUT2D eigenvalue weighted by Gasteiger charge is 2.29. The van der Waals surface area contributed by atoms with E-state index in [2.05, 4.69) is 24.4 Å². The molecule has 0 unspecified atom stereocenters. The number of benzene rings is 1. The molecule has 1 aromatic carbocycles. The number of nitrogens with two attached hydrogens (primary N) is 2. The summed E-state index contributed by atoms with van der Waals surface area (Å²) in [6, 6.07) is 4.01. The van der Waals surface area contributed by atoms with E-state index >= 15 is 0 Å². The average Bonchev–Trinajstić information content (AvgIpc) is 3.28. The van der Waals surface area contributed by atoms with E-state index in [1.165, 1.54) is 23.5 Å². The van der Waals surface area contributed by atoms with Gasteiger partial charge in [-0.2, -0.15) is 11.8 Å². The summed E-state index contributed by atoms with van der Waals surface area (Å²) < 4.78 is 54.3. The van der Waals surface area contributed by atoms with E-state index in [-0.39, 0.29) is 27.5 Å². The van der Waals surface area contributed by atoms with Gasteiger partial charge in [0.2, 0.25) is 10.0 Å². The first-order chi connectivity index (χ1) is 18.7. The molecule has 0 aliphatic carbocycles. The summed E-state index contributed by atoms with van der Waals surface area (Å²) in [4.78, 5) is 30.6. The van der Waals surface area contributed by atoms with Crippen molar-refractivity contribution in [3.63, 3.8) is 0 Å². The lowest BCUT2D eigenvalue weighted by atomic mass is 10.4. The standard InChI is InChI=1S/C16H21N7O4S5.C4H4O4/c1-2-20-31(24,25)11-3-4-12-13(7-11)32(26,27)23-15(30-12)19-5-6-28-8-10-9-29-16(21-10)22-14(17)18;5-3(6)1-2-4(7)8/h3-4,7,9,20H,2,5-6,8H2,1H3,(H,19,23)(H4,17,18,21,22);1-2H,(H,5,6)(H,7,8)/b;2-1+. The average molecular weight is 652 g/mol. The van der Waals surface area contributed by atoms with Crippen LogP contribution in [0.2, 0.25) is 0 Å². The van der Waals surface area contributed by atoms with Gasteiger partial charge >= 0.3 is 11.9 Å². The van der Waals surface area contributed by atoms with Crippen LogP contribution in [0, 0.1) is 0 Å².